The van der Waals surface area contributed by atoms with Crippen molar-refractivity contribution < 1.29 is 13.5 Å². The van der Waals surface area contributed by atoms with E-state index in [9.17, 15) is 13.5 Å². The average Bonchev–Trinajstić information content (AvgIpc) is 2.85. The fourth-order valence-corrected chi connectivity index (χ4v) is 4.74. The van der Waals surface area contributed by atoms with E-state index in [-0.39, 0.29) is 5.75 Å². The molecule has 0 atom stereocenters. The highest BCUT2D eigenvalue weighted by Crippen LogP contribution is 2.36. The Labute approximate surface area is 177 Å². The molecule has 4 nitrogen and oxygen atoms in total. The van der Waals surface area contributed by atoms with Gasteiger partial charge in [0.05, 0.1) is 0 Å². The molecule has 0 spiro atoms. The molecule has 5 heteroatoms. The van der Waals surface area contributed by atoms with Gasteiger partial charge in [-0.05, 0) is 83.5 Å². The fraction of sp³-hybridized carbons (Fsp3) is 0.120. The van der Waals surface area contributed by atoms with E-state index in [4.69, 9.17) is 0 Å². The normalized spacial score (nSPS) is 14.9. The van der Waals surface area contributed by atoms with Gasteiger partial charge in [0.1, 0.15) is 5.75 Å². The molecule has 0 bridgehead atoms. The van der Waals surface area contributed by atoms with Crippen LogP contribution in [-0.4, -0.2) is 13.5 Å². The molecule has 152 valence electrons. The molecular formula is C25H23NO3S. The summed E-state index contributed by atoms with van der Waals surface area (Å²) in [7, 11) is -3.51. The Hall–Kier alpha value is -3.31. The molecule has 2 N–H and O–H groups in total. The quantitative estimate of drug-likeness (QED) is 0.601. The number of aromatic hydroxyl groups is 1. The van der Waals surface area contributed by atoms with Crippen molar-refractivity contribution in [1.29, 1.82) is 0 Å². The molecule has 0 saturated carbocycles. The molecule has 0 heterocycles. The zero-order valence-electron chi connectivity index (χ0n) is 16.7. The molecule has 0 amide bonds. The van der Waals surface area contributed by atoms with Gasteiger partial charge in [0.25, 0.3) is 10.0 Å². The Morgan fingerprint density at radius 2 is 1.67 bits per heavy atom. The second-order valence-corrected chi connectivity index (χ2v) is 8.86. The summed E-state index contributed by atoms with van der Waals surface area (Å²) in [5.74, 6) is 0.222. The lowest BCUT2D eigenvalue weighted by Gasteiger charge is -2.14. The molecule has 3 aromatic rings. The minimum atomic E-state index is -3.51. The van der Waals surface area contributed by atoms with Crippen LogP contribution >= 0.6 is 0 Å². The third-order valence-electron chi connectivity index (χ3n) is 5.12. The van der Waals surface area contributed by atoms with Crippen molar-refractivity contribution >= 4 is 27.4 Å². The van der Waals surface area contributed by atoms with Crippen LogP contribution in [0.1, 0.15) is 34.7 Å². The number of hydrogen-bond donors (Lipinski definition) is 2. The van der Waals surface area contributed by atoms with E-state index in [0.717, 1.165) is 46.1 Å². The summed E-state index contributed by atoms with van der Waals surface area (Å²) in [5.41, 5.74) is 7.07. The summed E-state index contributed by atoms with van der Waals surface area (Å²) in [4.78, 5) is 0. The molecule has 4 rings (SSSR count). The van der Waals surface area contributed by atoms with E-state index in [1.165, 1.54) is 11.6 Å². The van der Waals surface area contributed by atoms with Gasteiger partial charge in [-0.25, -0.2) is 8.42 Å². The number of aryl methyl sites for hydroxylation is 2. The highest BCUT2D eigenvalue weighted by Gasteiger charge is 2.19. The number of anilines is 1. The molecule has 0 unspecified atom stereocenters. The predicted octanol–water partition coefficient (Wildman–Crippen LogP) is 5.36. The van der Waals surface area contributed by atoms with Crippen molar-refractivity contribution in [3.8, 4) is 5.75 Å². The lowest BCUT2D eigenvalue weighted by atomic mass is 9.92. The van der Waals surface area contributed by atoms with E-state index < -0.39 is 10.0 Å². The molecule has 0 saturated heterocycles. The van der Waals surface area contributed by atoms with Crippen LogP contribution in [0, 0.1) is 0 Å². The number of allylic oxidation sites excluding steroid dienone is 1. The Morgan fingerprint density at radius 3 is 2.47 bits per heavy atom. The zero-order chi connectivity index (χ0) is 21.1. The van der Waals surface area contributed by atoms with Gasteiger partial charge in [-0.3, -0.25) is 4.72 Å². The second-order valence-electron chi connectivity index (χ2n) is 7.30. The molecule has 0 fully saturated rings. The van der Waals surface area contributed by atoms with Crippen molar-refractivity contribution in [2.75, 3.05) is 4.72 Å². The lowest BCUT2D eigenvalue weighted by Crippen LogP contribution is -2.09. The summed E-state index contributed by atoms with van der Waals surface area (Å²) in [6.07, 6.45) is 5.25. The van der Waals surface area contributed by atoms with Gasteiger partial charge in [0.15, 0.2) is 0 Å². The first kappa shape index (κ1) is 20.0. The van der Waals surface area contributed by atoms with Gasteiger partial charge in [0.2, 0.25) is 0 Å². The summed E-state index contributed by atoms with van der Waals surface area (Å²) < 4.78 is 26.9. The molecule has 0 aromatic heterocycles. The number of fused-ring (bicyclic) bond motifs is 2. The van der Waals surface area contributed by atoms with Crippen LogP contribution < -0.4 is 4.72 Å². The zero-order valence-corrected chi connectivity index (χ0v) is 17.5. The Balaban J connectivity index is 1.84. The average molecular weight is 418 g/mol. The van der Waals surface area contributed by atoms with Crippen molar-refractivity contribution in [3.63, 3.8) is 0 Å². The number of rotatable bonds is 4. The number of nitrogens with one attached hydrogen (secondary N) is 1. The van der Waals surface area contributed by atoms with Gasteiger partial charge in [-0.15, -0.1) is 0 Å². The smallest absolute Gasteiger partial charge is 0.254 e. The lowest BCUT2D eigenvalue weighted by molar-refractivity contribution is 0.475. The molecule has 1 aliphatic rings. The van der Waals surface area contributed by atoms with Crippen molar-refractivity contribution in [2.24, 2.45) is 0 Å². The predicted molar refractivity (Wildman–Crippen MR) is 123 cm³/mol. The van der Waals surface area contributed by atoms with E-state index in [0.29, 0.717) is 5.69 Å². The van der Waals surface area contributed by atoms with Gasteiger partial charge in [0, 0.05) is 11.1 Å². The highest BCUT2D eigenvalue weighted by molar-refractivity contribution is 7.95. The van der Waals surface area contributed by atoms with Crippen LogP contribution in [0.4, 0.5) is 5.69 Å². The Kier molecular flexibility index (Phi) is 5.46. The summed E-state index contributed by atoms with van der Waals surface area (Å²) in [5, 5.41) is 11.0. The first-order chi connectivity index (χ1) is 14.4. The third kappa shape index (κ3) is 4.31. The number of phenolic OH excluding ortho intramolecular Hbond substituents is 1. The van der Waals surface area contributed by atoms with Gasteiger partial charge in [-0.1, -0.05) is 48.5 Å². The van der Waals surface area contributed by atoms with E-state index in [2.05, 4.69) is 22.9 Å². The largest absolute Gasteiger partial charge is 0.508 e. The van der Waals surface area contributed by atoms with Crippen LogP contribution in [-0.2, 0) is 22.9 Å². The molecule has 1 aliphatic carbocycles. The molecule has 3 aromatic carbocycles. The Bertz CT molecular complexity index is 1260. The fourth-order valence-electron chi connectivity index (χ4n) is 3.86. The van der Waals surface area contributed by atoms with Crippen molar-refractivity contribution in [1.82, 2.24) is 0 Å². The summed E-state index contributed by atoms with van der Waals surface area (Å²) in [6.45, 7) is 1.67. The maximum atomic E-state index is 12.1. The SMILES string of the molecule is CC=CS(=O)(=O)Nc1ccc2c(c1)CCc1ccccc1/C2=C\c1cccc(O)c1. The molecule has 0 radical (unpaired) electrons. The molecule has 30 heavy (non-hydrogen) atoms. The monoisotopic (exact) mass is 417 g/mol. The van der Waals surface area contributed by atoms with Crippen molar-refractivity contribution in [2.45, 2.75) is 19.8 Å². The first-order valence-electron chi connectivity index (χ1n) is 9.83. The van der Waals surface area contributed by atoms with Crippen LogP contribution in [0.3, 0.4) is 0 Å². The van der Waals surface area contributed by atoms with Crippen LogP contribution in [0.2, 0.25) is 0 Å². The molecular weight excluding hydrogens is 394 g/mol. The van der Waals surface area contributed by atoms with Gasteiger partial charge in [-0.2, -0.15) is 0 Å². The van der Waals surface area contributed by atoms with Crippen LogP contribution in [0.15, 0.2) is 78.2 Å². The number of sulfonamides is 1. The standard InChI is InChI=1S/C25H23NO3S/c1-2-14-30(28,29)26-21-12-13-24-20(17-21)11-10-19-7-3-4-9-23(19)25(24)16-18-6-5-8-22(27)15-18/h2-9,12-17,26-27H,10-11H2,1H3/b14-2?,25-16+. The third-order valence-corrected chi connectivity index (χ3v) is 6.27. The van der Waals surface area contributed by atoms with E-state index >= 15 is 0 Å². The van der Waals surface area contributed by atoms with Gasteiger partial charge < -0.3 is 5.11 Å². The second kappa shape index (κ2) is 8.20. The van der Waals surface area contributed by atoms with Crippen molar-refractivity contribution in [3.05, 3.63) is 106 Å². The van der Waals surface area contributed by atoms with E-state index in [1.807, 2.05) is 36.4 Å². The first-order valence-corrected chi connectivity index (χ1v) is 11.4. The topological polar surface area (TPSA) is 66.4 Å². The summed E-state index contributed by atoms with van der Waals surface area (Å²) in [6, 6.07) is 21.2. The Morgan fingerprint density at radius 1 is 0.900 bits per heavy atom. The minimum absolute atomic E-state index is 0.222. The maximum Gasteiger partial charge on any atom is 0.254 e. The molecule has 0 aliphatic heterocycles. The number of benzene rings is 3. The maximum absolute atomic E-state index is 12.1. The van der Waals surface area contributed by atoms with Crippen LogP contribution in [0.5, 0.6) is 5.75 Å². The number of hydrogen-bond acceptors (Lipinski definition) is 3. The van der Waals surface area contributed by atoms with Crippen LogP contribution in [0.25, 0.3) is 11.6 Å². The minimum Gasteiger partial charge on any atom is -0.508 e. The summed E-state index contributed by atoms with van der Waals surface area (Å²) >= 11 is 0. The highest BCUT2D eigenvalue weighted by atomic mass is 32.2. The van der Waals surface area contributed by atoms with E-state index in [1.54, 1.807) is 25.1 Å². The number of phenols is 1. The van der Waals surface area contributed by atoms with Gasteiger partial charge >= 0.3 is 0 Å².